The van der Waals surface area contributed by atoms with Crippen molar-refractivity contribution in [3.63, 3.8) is 0 Å². The van der Waals surface area contributed by atoms with Crippen LogP contribution in [0.25, 0.3) is 0 Å². The molecule has 1 heterocycles. The summed E-state index contributed by atoms with van der Waals surface area (Å²) >= 11 is 0. The fraction of sp³-hybridized carbons (Fsp3) is 0.600. The molecule has 1 saturated heterocycles. The van der Waals surface area contributed by atoms with Gasteiger partial charge in [0, 0.05) is 31.7 Å². The molecule has 27 heavy (non-hydrogen) atoms. The molecule has 1 saturated carbocycles. The minimum atomic E-state index is -0.155. The standard InChI is InChI=1S/C20H29N3O3.ClH/c21-10-11-22-19(24)16-6-4-12-23(14-16)20(25)15-5-3-9-18(13-15)26-17-7-1-2-8-17;/h3,5,9,13,16-17H,1-2,4,6-8,10-12,14,21H2,(H,22,24);1H. The third-order valence-electron chi connectivity index (χ3n) is 5.21. The normalized spacial score (nSPS) is 20.0. The Labute approximate surface area is 167 Å². The van der Waals surface area contributed by atoms with Crippen LogP contribution in [0.1, 0.15) is 48.9 Å². The van der Waals surface area contributed by atoms with Crippen LogP contribution in [0.2, 0.25) is 0 Å². The maximum Gasteiger partial charge on any atom is 0.254 e. The lowest BCUT2D eigenvalue weighted by Gasteiger charge is -2.32. The zero-order valence-corrected chi connectivity index (χ0v) is 16.5. The molecule has 1 aliphatic heterocycles. The van der Waals surface area contributed by atoms with Crippen molar-refractivity contribution in [2.75, 3.05) is 26.2 Å². The molecule has 0 aromatic heterocycles. The Morgan fingerprint density at radius 1 is 1.19 bits per heavy atom. The molecule has 1 atom stereocenters. The van der Waals surface area contributed by atoms with Gasteiger partial charge in [0.25, 0.3) is 5.91 Å². The van der Waals surface area contributed by atoms with Crippen molar-refractivity contribution < 1.29 is 14.3 Å². The molecule has 2 aliphatic rings. The maximum absolute atomic E-state index is 12.9. The molecular weight excluding hydrogens is 366 g/mol. The Hall–Kier alpha value is -1.79. The highest BCUT2D eigenvalue weighted by Gasteiger charge is 2.29. The van der Waals surface area contributed by atoms with Crippen LogP contribution in [0.3, 0.4) is 0 Å². The molecule has 3 N–H and O–H groups in total. The lowest BCUT2D eigenvalue weighted by molar-refractivity contribution is -0.126. The van der Waals surface area contributed by atoms with Crippen molar-refractivity contribution in [3.8, 4) is 5.75 Å². The van der Waals surface area contributed by atoms with Crippen LogP contribution in [0.15, 0.2) is 24.3 Å². The zero-order chi connectivity index (χ0) is 18.4. The summed E-state index contributed by atoms with van der Waals surface area (Å²) in [7, 11) is 0. The van der Waals surface area contributed by atoms with Crippen LogP contribution in [-0.4, -0.2) is 49.0 Å². The highest BCUT2D eigenvalue weighted by Crippen LogP contribution is 2.25. The minimum Gasteiger partial charge on any atom is -0.490 e. The first-order valence-corrected chi connectivity index (χ1v) is 9.71. The lowest BCUT2D eigenvalue weighted by Crippen LogP contribution is -2.46. The number of hydrogen-bond acceptors (Lipinski definition) is 4. The number of nitrogens with two attached hydrogens (primary N) is 1. The van der Waals surface area contributed by atoms with Crippen LogP contribution in [0.4, 0.5) is 0 Å². The SMILES string of the molecule is Cl.NCCNC(=O)C1CCCN(C(=O)c2cccc(OC3CCCC3)c2)C1. The van der Waals surface area contributed by atoms with Gasteiger partial charge in [-0.3, -0.25) is 9.59 Å². The summed E-state index contributed by atoms with van der Waals surface area (Å²) in [6.45, 7) is 2.05. The Morgan fingerprint density at radius 2 is 1.96 bits per heavy atom. The van der Waals surface area contributed by atoms with E-state index >= 15 is 0 Å². The second kappa shape index (κ2) is 10.5. The van der Waals surface area contributed by atoms with Crippen molar-refractivity contribution in [1.29, 1.82) is 0 Å². The van der Waals surface area contributed by atoms with Crippen LogP contribution in [-0.2, 0) is 4.79 Å². The second-order valence-corrected chi connectivity index (χ2v) is 7.22. The van der Waals surface area contributed by atoms with E-state index in [1.54, 1.807) is 4.90 Å². The molecule has 2 amide bonds. The molecule has 1 aromatic rings. The van der Waals surface area contributed by atoms with Gasteiger partial charge in [0.2, 0.25) is 5.91 Å². The Kier molecular flexibility index (Phi) is 8.38. The number of benzene rings is 1. The molecule has 7 heteroatoms. The molecule has 150 valence electrons. The van der Waals surface area contributed by atoms with E-state index in [2.05, 4.69) is 5.32 Å². The lowest BCUT2D eigenvalue weighted by atomic mass is 9.96. The quantitative estimate of drug-likeness (QED) is 0.774. The first-order chi connectivity index (χ1) is 12.7. The number of ether oxygens (including phenoxy) is 1. The van der Waals surface area contributed by atoms with Crippen LogP contribution >= 0.6 is 12.4 Å². The fourth-order valence-electron chi connectivity index (χ4n) is 3.80. The minimum absolute atomic E-state index is 0. The summed E-state index contributed by atoms with van der Waals surface area (Å²) in [4.78, 5) is 26.9. The van der Waals surface area contributed by atoms with Gasteiger partial charge < -0.3 is 20.7 Å². The van der Waals surface area contributed by atoms with Gasteiger partial charge in [-0.2, -0.15) is 0 Å². The predicted molar refractivity (Wildman–Crippen MR) is 107 cm³/mol. The monoisotopic (exact) mass is 395 g/mol. The van der Waals surface area contributed by atoms with Crippen molar-refractivity contribution in [2.45, 2.75) is 44.6 Å². The van der Waals surface area contributed by atoms with Gasteiger partial charge >= 0.3 is 0 Å². The number of rotatable bonds is 6. The van der Waals surface area contributed by atoms with Crippen molar-refractivity contribution in [3.05, 3.63) is 29.8 Å². The molecule has 2 fully saturated rings. The van der Waals surface area contributed by atoms with Crippen molar-refractivity contribution in [2.24, 2.45) is 11.7 Å². The number of carbonyl (C=O) groups excluding carboxylic acids is 2. The van der Waals surface area contributed by atoms with Crippen molar-refractivity contribution >= 4 is 24.2 Å². The summed E-state index contributed by atoms with van der Waals surface area (Å²) in [5.41, 5.74) is 6.07. The van der Waals surface area contributed by atoms with Gasteiger partial charge in [0.05, 0.1) is 12.0 Å². The number of piperidine rings is 1. The summed E-state index contributed by atoms with van der Waals surface area (Å²) in [6, 6.07) is 7.43. The number of halogens is 1. The molecule has 1 aromatic carbocycles. The van der Waals surface area contributed by atoms with E-state index in [-0.39, 0.29) is 36.2 Å². The van der Waals surface area contributed by atoms with Crippen LogP contribution in [0.5, 0.6) is 5.75 Å². The average molecular weight is 396 g/mol. The van der Waals surface area contributed by atoms with Gasteiger partial charge in [-0.15, -0.1) is 12.4 Å². The second-order valence-electron chi connectivity index (χ2n) is 7.22. The topological polar surface area (TPSA) is 84.7 Å². The summed E-state index contributed by atoms with van der Waals surface area (Å²) in [5, 5.41) is 2.83. The van der Waals surface area contributed by atoms with Gasteiger partial charge in [-0.05, 0) is 56.7 Å². The highest BCUT2D eigenvalue weighted by molar-refractivity contribution is 5.95. The van der Waals surface area contributed by atoms with Gasteiger partial charge in [-0.25, -0.2) is 0 Å². The first kappa shape index (κ1) is 21.5. The molecule has 0 spiro atoms. The molecule has 3 rings (SSSR count). The average Bonchev–Trinajstić information content (AvgIpc) is 3.19. The van der Waals surface area contributed by atoms with E-state index in [0.29, 0.717) is 31.7 Å². The number of nitrogens with zero attached hydrogens (tertiary/aromatic N) is 1. The largest absolute Gasteiger partial charge is 0.490 e. The third-order valence-corrected chi connectivity index (χ3v) is 5.21. The van der Waals surface area contributed by atoms with Crippen LogP contribution in [0, 0.1) is 5.92 Å². The Morgan fingerprint density at radius 3 is 2.70 bits per heavy atom. The number of nitrogens with one attached hydrogen (secondary N) is 1. The van der Waals surface area contributed by atoms with Gasteiger partial charge in [-0.1, -0.05) is 6.07 Å². The molecular formula is C20H30ClN3O3. The van der Waals surface area contributed by atoms with E-state index in [4.69, 9.17) is 10.5 Å². The number of carbonyl (C=O) groups is 2. The number of amides is 2. The molecule has 1 aliphatic carbocycles. The Balaban J connectivity index is 0.00000261. The molecule has 0 radical (unpaired) electrons. The summed E-state index contributed by atoms with van der Waals surface area (Å²) < 4.78 is 6.01. The Bertz CT molecular complexity index is 635. The first-order valence-electron chi connectivity index (χ1n) is 9.71. The van der Waals surface area contributed by atoms with Gasteiger partial charge in [0.1, 0.15) is 5.75 Å². The van der Waals surface area contributed by atoms with Crippen LogP contribution < -0.4 is 15.8 Å². The van der Waals surface area contributed by atoms with Crippen molar-refractivity contribution in [1.82, 2.24) is 10.2 Å². The van der Waals surface area contributed by atoms with E-state index in [1.807, 2.05) is 24.3 Å². The maximum atomic E-state index is 12.9. The van der Waals surface area contributed by atoms with E-state index in [9.17, 15) is 9.59 Å². The van der Waals surface area contributed by atoms with E-state index < -0.39 is 0 Å². The van der Waals surface area contributed by atoms with Gasteiger partial charge in [0.15, 0.2) is 0 Å². The number of hydrogen-bond donors (Lipinski definition) is 2. The smallest absolute Gasteiger partial charge is 0.254 e. The highest BCUT2D eigenvalue weighted by atomic mass is 35.5. The zero-order valence-electron chi connectivity index (χ0n) is 15.7. The molecule has 6 nitrogen and oxygen atoms in total. The fourth-order valence-corrected chi connectivity index (χ4v) is 3.80. The molecule has 1 unspecified atom stereocenters. The summed E-state index contributed by atoms with van der Waals surface area (Å²) in [5.74, 6) is 0.568. The third kappa shape index (κ3) is 5.84. The predicted octanol–water partition coefficient (Wildman–Crippen LogP) is 2.36. The summed E-state index contributed by atoms with van der Waals surface area (Å²) in [6.07, 6.45) is 6.52. The number of likely N-dealkylation sites (tertiary alicyclic amines) is 1. The van der Waals surface area contributed by atoms with E-state index in [0.717, 1.165) is 31.4 Å². The van der Waals surface area contributed by atoms with E-state index in [1.165, 1.54) is 12.8 Å². The molecule has 0 bridgehead atoms.